The Kier molecular flexibility index (Phi) is 7.76. The van der Waals surface area contributed by atoms with Crippen LogP contribution < -0.4 is 11.5 Å². The molecule has 0 spiro atoms. The number of carbonyl (C=O) groups is 1. The molecule has 3 aromatic rings. The van der Waals surface area contributed by atoms with Gasteiger partial charge in [0.05, 0.1) is 17.6 Å². The van der Waals surface area contributed by atoms with E-state index < -0.39 is 11.5 Å². The minimum atomic E-state index is -1.72. The van der Waals surface area contributed by atoms with Gasteiger partial charge in [-0.2, -0.15) is 0 Å². The Morgan fingerprint density at radius 2 is 1.81 bits per heavy atom. The van der Waals surface area contributed by atoms with Crippen LogP contribution in [0.1, 0.15) is 17.8 Å². The summed E-state index contributed by atoms with van der Waals surface area (Å²) in [6, 6.07) is 13.4. The zero-order valence-electron chi connectivity index (χ0n) is 18.1. The van der Waals surface area contributed by atoms with E-state index in [1.165, 1.54) is 0 Å². The number of hydrogen-bond acceptors (Lipinski definition) is 5. The number of carboxylic acid groups (broad SMARTS) is 1. The highest BCUT2D eigenvalue weighted by Gasteiger charge is 2.41. The van der Waals surface area contributed by atoms with Crippen molar-refractivity contribution in [1.82, 2.24) is 14.5 Å². The molecule has 1 aromatic heterocycles. The number of rotatable bonds is 9. The van der Waals surface area contributed by atoms with Crippen LogP contribution in [0.15, 0.2) is 57.6 Å². The molecule has 170 valence electrons. The van der Waals surface area contributed by atoms with Crippen molar-refractivity contribution in [3.63, 3.8) is 0 Å². The molecule has 1 atom stereocenters. The molecule has 3 rings (SSSR count). The first kappa shape index (κ1) is 24.4. The van der Waals surface area contributed by atoms with Crippen LogP contribution in [0, 0.1) is 0 Å². The van der Waals surface area contributed by atoms with E-state index in [1.807, 2.05) is 49.0 Å². The van der Waals surface area contributed by atoms with E-state index in [2.05, 4.69) is 41.7 Å². The van der Waals surface area contributed by atoms with Gasteiger partial charge >= 0.3 is 5.97 Å². The lowest BCUT2D eigenvalue weighted by molar-refractivity contribution is -0.144. The Morgan fingerprint density at radius 1 is 1.19 bits per heavy atom. The van der Waals surface area contributed by atoms with E-state index in [-0.39, 0.29) is 6.42 Å². The van der Waals surface area contributed by atoms with Crippen LogP contribution in [0.2, 0.25) is 0 Å². The number of anilines is 1. The van der Waals surface area contributed by atoms with Crippen LogP contribution in [-0.4, -0.2) is 46.2 Å². The molecule has 0 saturated heterocycles. The highest BCUT2D eigenvalue weighted by Crippen LogP contribution is 2.33. The molecule has 0 saturated carbocycles. The Morgan fingerprint density at radius 3 is 2.38 bits per heavy atom. The second-order valence-electron chi connectivity index (χ2n) is 8.07. The van der Waals surface area contributed by atoms with Crippen molar-refractivity contribution in [2.24, 2.45) is 5.73 Å². The molecule has 7 nitrogen and oxygen atoms in total. The predicted molar refractivity (Wildman–Crippen MR) is 134 cm³/mol. The molecule has 0 fully saturated rings. The average Bonchev–Trinajstić information content (AvgIpc) is 3.16. The molecule has 0 aliphatic rings. The van der Waals surface area contributed by atoms with Crippen LogP contribution in [0.4, 0.5) is 5.69 Å². The number of aliphatic carboxylic acids is 1. The van der Waals surface area contributed by atoms with Gasteiger partial charge in [0, 0.05) is 21.9 Å². The number of nitrogen functional groups attached to an aromatic ring is 1. The number of halogens is 2. The SMILES string of the molecule is CN(C)CCCn1c(-c2ccccc2)cnc1[C@](N)(Cc1cc(Br)c(N)c(Br)c1)C(=O)O. The molecule has 5 N–H and O–H groups in total. The monoisotopic (exact) mass is 563 g/mol. The molecule has 9 heteroatoms. The van der Waals surface area contributed by atoms with Crippen molar-refractivity contribution < 1.29 is 9.90 Å². The summed E-state index contributed by atoms with van der Waals surface area (Å²) >= 11 is 6.85. The van der Waals surface area contributed by atoms with Crippen LogP contribution in [-0.2, 0) is 23.3 Å². The predicted octanol–water partition coefficient (Wildman–Crippen LogP) is 4.09. The first-order valence-electron chi connectivity index (χ1n) is 10.2. The van der Waals surface area contributed by atoms with E-state index in [9.17, 15) is 9.90 Å². The minimum Gasteiger partial charge on any atom is -0.480 e. The van der Waals surface area contributed by atoms with Gasteiger partial charge in [0.15, 0.2) is 5.54 Å². The molecule has 0 aliphatic heterocycles. The third kappa shape index (κ3) is 5.23. The van der Waals surface area contributed by atoms with Gasteiger partial charge in [0.2, 0.25) is 0 Å². The summed E-state index contributed by atoms with van der Waals surface area (Å²) in [6.07, 6.45) is 2.59. The van der Waals surface area contributed by atoms with Gasteiger partial charge in [-0.15, -0.1) is 0 Å². The van der Waals surface area contributed by atoms with E-state index in [1.54, 1.807) is 18.3 Å². The number of imidazole rings is 1. The Labute approximate surface area is 204 Å². The normalized spacial score (nSPS) is 13.3. The molecule has 32 heavy (non-hydrogen) atoms. The van der Waals surface area contributed by atoms with Gasteiger partial charge in [0.25, 0.3) is 0 Å². The third-order valence-electron chi connectivity index (χ3n) is 5.31. The Hall–Kier alpha value is -2.20. The number of nitrogens with zero attached hydrogens (tertiary/aromatic N) is 3. The van der Waals surface area contributed by atoms with Crippen molar-refractivity contribution in [2.45, 2.75) is 24.9 Å². The number of hydrogen-bond donors (Lipinski definition) is 3. The van der Waals surface area contributed by atoms with E-state index in [0.29, 0.717) is 27.0 Å². The molecule has 0 bridgehead atoms. The highest BCUT2D eigenvalue weighted by molar-refractivity contribution is 9.11. The van der Waals surface area contributed by atoms with Crippen molar-refractivity contribution in [3.8, 4) is 11.3 Å². The van der Waals surface area contributed by atoms with Crippen molar-refractivity contribution in [3.05, 3.63) is 69.0 Å². The third-order valence-corrected chi connectivity index (χ3v) is 6.63. The summed E-state index contributed by atoms with van der Waals surface area (Å²) in [6.45, 7) is 1.45. The van der Waals surface area contributed by atoms with Gasteiger partial charge in [0.1, 0.15) is 5.82 Å². The number of benzene rings is 2. The highest BCUT2D eigenvalue weighted by atomic mass is 79.9. The molecule has 1 heterocycles. The maximum absolute atomic E-state index is 12.5. The molecule has 2 aromatic carbocycles. The van der Waals surface area contributed by atoms with Crippen LogP contribution in [0.3, 0.4) is 0 Å². The fraction of sp³-hybridized carbons (Fsp3) is 0.304. The maximum Gasteiger partial charge on any atom is 0.331 e. The maximum atomic E-state index is 12.5. The fourth-order valence-corrected chi connectivity index (χ4v) is 4.93. The van der Waals surface area contributed by atoms with E-state index in [0.717, 1.165) is 29.8 Å². The summed E-state index contributed by atoms with van der Waals surface area (Å²) in [7, 11) is 4.02. The standard InChI is InChI=1S/C23H27Br2N5O2/c1-29(2)9-6-10-30-19(16-7-4-3-5-8-16)14-28-21(30)23(27,22(31)32)13-15-11-17(24)20(26)18(25)12-15/h3-5,7-8,11-12,14H,6,9-10,13,26-27H2,1-2H3,(H,31,32)/t23-/m1/s1. The number of nitrogens with two attached hydrogens (primary N) is 2. The second-order valence-corrected chi connectivity index (χ2v) is 9.78. The molecule has 0 radical (unpaired) electrons. The van der Waals surface area contributed by atoms with Crippen LogP contribution in [0.25, 0.3) is 11.3 Å². The van der Waals surface area contributed by atoms with E-state index >= 15 is 0 Å². The molecule has 0 aliphatic carbocycles. The zero-order valence-corrected chi connectivity index (χ0v) is 21.2. The molecular formula is C23H27Br2N5O2. The number of carboxylic acids is 1. The van der Waals surface area contributed by atoms with Gasteiger partial charge in [-0.1, -0.05) is 30.3 Å². The lowest BCUT2D eigenvalue weighted by atomic mass is 9.90. The summed E-state index contributed by atoms with van der Waals surface area (Å²) in [5.74, 6) is -0.813. The smallest absolute Gasteiger partial charge is 0.331 e. The fourth-order valence-electron chi connectivity index (χ4n) is 3.65. The van der Waals surface area contributed by atoms with Gasteiger partial charge in [-0.3, -0.25) is 0 Å². The van der Waals surface area contributed by atoms with Gasteiger partial charge in [-0.05, 0) is 82.2 Å². The first-order valence-corrected chi connectivity index (χ1v) is 11.7. The van der Waals surface area contributed by atoms with Crippen molar-refractivity contribution >= 4 is 43.5 Å². The molecule has 0 unspecified atom stereocenters. The largest absolute Gasteiger partial charge is 0.480 e. The lowest BCUT2D eigenvalue weighted by Gasteiger charge is -2.27. The second kappa shape index (κ2) is 10.2. The van der Waals surface area contributed by atoms with Crippen molar-refractivity contribution in [1.29, 1.82) is 0 Å². The summed E-state index contributed by atoms with van der Waals surface area (Å²) in [5.41, 5.74) is 13.9. The van der Waals surface area contributed by atoms with Gasteiger partial charge < -0.3 is 26.0 Å². The average molecular weight is 565 g/mol. The van der Waals surface area contributed by atoms with Crippen LogP contribution >= 0.6 is 31.9 Å². The Bertz CT molecular complexity index is 1080. The lowest BCUT2D eigenvalue weighted by Crippen LogP contribution is -2.49. The summed E-state index contributed by atoms with van der Waals surface area (Å²) in [4.78, 5) is 19.1. The van der Waals surface area contributed by atoms with E-state index in [4.69, 9.17) is 11.5 Å². The number of aromatic nitrogens is 2. The Balaban J connectivity index is 2.08. The topological polar surface area (TPSA) is 110 Å². The first-order chi connectivity index (χ1) is 15.1. The molecular weight excluding hydrogens is 538 g/mol. The minimum absolute atomic E-state index is 0.0543. The zero-order chi connectivity index (χ0) is 23.5. The summed E-state index contributed by atoms with van der Waals surface area (Å²) < 4.78 is 3.29. The molecule has 0 amide bonds. The quantitative estimate of drug-likeness (QED) is 0.338. The summed E-state index contributed by atoms with van der Waals surface area (Å²) in [5, 5.41) is 10.2. The van der Waals surface area contributed by atoms with Crippen LogP contribution in [0.5, 0.6) is 0 Å². The van der Waals surface area contributed by atoms with Gasteiger partial charge in [-0.25, -0.2) is 9.78 Å². The van der Waals surface area contributed by atoms with Crippen molar-refractivity contribution in [2.75, 3.05) is 26.4 Å².